The van der Waals surface area contributed by atoms with E-state index >= 15 is 0 Å². The van der Waals surface area contributed by atoms with Crippen molar-refractivity contribution < 1.29 is 19.8 Å². The largest absolute Gasteiger partial charge is 0.507 e. The molecule has 4 N–H and O–H groups in total. The zero-order chi connectivity index (χ0) is 24.8. The summed E-state index contributed by atoms with van der Waals surface area (Å²) in [6.45, 7) is 8.28. The minimum absolute atomic E-state index is 0.0760. The van der Waals surface area contributed by atoms with Crippen molar-refractivity contribution in [1.29, 1.82) is 0 Å². The van der Waals surface area contributed by atoms with E-state index in [9.17, 15) is 19.8 Å². The van der Waals surface area contributed by atoms with Gasteiger partial charge in [-0.1, -0.05) is 39.8 Å². The molecule has 0 fully saturated rings. The Labute approximate surface area is 200 Å². The zero-order valence-corrected chi connectivity index (χ0v) is 20.1. The van der Waals surface area contributed by atoms with Gasteiger partial charge in [0.25, 0.3) is 11.8 Å². The van der Waals surface area contributed by atoms with E-state index in [2.05, 4.69) is 38.3 Å². The second-order valence-electron chi connectivity index (χ2n) is 8.66. The smallest absolute Gasteiger partial charge is 0.259 e. The quantitative estimate of drug-likeness (QED) is 0.303. The summed E-state index contributed by atoms with van der Waals surface area (Å²) in [5.74, 6) is -0.418. The van der Waals surface area contributed by atoms with Gasteiger partial charge in [0.2, 0.25) is 0 Å². The summed E-state index contributed by atoms with van der Waals surface area (Å²) < 4.78 is 0. The molecule has 178 valence electrons. The number of hydrogen-bond donors (Lipinski definition) is 4. The topological polar surface area (TPSA) is 98.7 Å². The standard InChI is InChI=1S/C28H32N2O4/c1-5-17(3)19-7-13-25(31)23(15-19)27(33)29-21-9-11-22(12-10-21)30-28(34)24-16-20(18(4)6-2)8-14-26(24)32/h7-18,31-32H,5-6H2,1-4H3,(H,29,33)(H,30,34). The maximum atomic E-state index is 12.7. The van der Waals surface area contributed by atoms with E-state index in [1.807, 2.05) is 12.1 Å². The van der Waals surface area contributed by atoms with Gasteiger partial charge in [-0.15, -0.1) is 0 Å². The van der Waals surface area contributed by atoms with E-state index < -0.39 is 11.8 Å². The SMILES string of the molecule is CCC(C)c1ccc(O)c(C(=O)Nc2ccc(NC(=O)c3cc(C(C)CC)ccc3O)cc2)c1. The number of phenols is 2. The average Bonchev–Trinajstić information content (AvgIpc) is 2.84. The van der Waals surface area contributed by atoms with Gasteiger partial charge in [-0.05, 0) is 84.3 Å². The molecule has 0 spiro atoms. The van der Waals surface area contributed by atoms with Gasteiger partial charge in [0.15, 0.2) is 0 Å². The van der Waals surface area contributed by atoms with E-state index in [0.717, 1.165) is 24.0 Å². The number of carbonyl (C=O) groups is 2. The molecule has 6 heteroatoms. The predicted octanol–water partition coefficient (Wildman–Crippen LogP) is 6.63. The molecule has 6 nitrogen and oxygen atoms in total. The van der Waals surface area contributed by atoms with Crippen LogP contribution in [-0.4, -0.2) is 22.0 Å². The minimum atomic E-state index is -0.411. The number of anilines is 2. The van der Waals surface area contributed by atoms with Crippen LogP contribution in [0.1, 0.15) is 84.2 Å². The Bertz CT molecular complexity index is 1080. The van der Waals surface area contributed by atoms with Gasteiger partial charge < -0.3 is 20.8 Å². The van der Waals surface area contributed by atoms with Crippen molar-refractivity contribution >= 4 is 23.2 Å². The highest BCUT2D eigenvalue weighted by atomic mass is 16.3. The molecule has 0 heterocycles. The second-order valence-corrected chi connectivity index (χ2v) is 8.66. The molecule has 0 saturated carbocycles. The Kier molecular flexibility index (Phi) is 7.95. The van der Waals surface area contributed by atoms with Gasteiger partial charge in [0.1, 0.15) is 11.5 Å². The number of hydrogen-bond acceptors (Lipinski definition) is 4. The summed E-state index contributed by atoms with van der Waals surface area (Å²) >= 11 is 0. The monoisotopic (exact) mass is 460 g/mol. The van der Waals surface area contributed by atoms with Crippen LogP contribution >= 0.6 is 0 Å². The highest BCUT2D eigenvalue weighted by Gasteiger charge is 2.16. The highest BCUT2D eigenvalue weighted by molar-refractivity contribution is 6.07. The molecule has 2 atom stereocenters. The van der Waals surface area contributed by atoms with E-state index in [0.29, 0.717) is 11.4 Å². The van der Waals surface area contributed by atoms with Gasteiger partial charge in [0, 0.05) is 11.4 Å². The molecule has 0 radical (unpaired) electrons. The highest BCUT2D eigenvalue weighted by Crippen LogP contribution is 2.28. The number of rotatable bonds is 8. The molecular weight excluding hydrogens is 428 g/mol. The first kappa shape index (κ1) is 24.8. The molecule has 2 amide bonds. The lowest BCUT2D eigenvalue weighted by Crippen LogP contribution is -2.14. The van der Waals surface area contributed by atoms with Crippen LogP contribution in [-0.2, 0) is 0 Å². The first-order valence-corrected chi connectivity index (χ1v) is 11.6. The van der Waals surface area contributed by atoms with Crippen molar-refractivity contribution in [2.45, 2.75) is 52.4 Å². The Morgan fingerprint density at radius 3 is 1.35 bits per heavy atom. The summed E-state index contributed by atoms with van der Waals surface area (Å²) in [6.07, 6.45) is 1.86. The first-order chi connectivity index (χ1) is 16.2. The van der Waals surface area contributed by atoms with Crippen LogP contribution < -0.4 is 10.6 Å². The third-order valence-electron chi connectivity index (χ3n) is 6.29. The van der Waals surface area contributed by atoms with E-state index in [4.69, 9.17) is 0 Å². The van der Waals surface area contributed by atoms with Gasteiger partial charge in [0.05, 0.1) is 11.1 Å². The number of amides is 2. The number of aromatic hydroxyl groups is 2. The van der Waals surface area contributed by atoms with Gasteiger partial charge in [-0.2, -0.15) is 0 Å². The Morgan fingerprint density at radius 2 is 1.03 bits per heavy atom. The summed E-state index contributed by atoms with van der Waals surface area (Å²) in [6, 6.07) is 16.8. The lowest BCUT2D eigenvalue weighted by Gasteiger charge is -2.13. The number of carbonyl (C=O) groups excluding carboxylic acids is 2. The van der Waals surface area contributed by atoms with Crippen molar-refractivity contribution in [2.75, 3.05) is 10.6 Å². The van der Waals surface area contributed by atoms with Crippen LogP contribution in [0.2, 0.25) is 0 Å². The maximum Gasteiger partial charge on any atom is 0.259 e. The van der Waals surface area contributed by atoms with Crippen molar-refractivity contribution in [2.24, 2.45) is 0 Å². The van der Waals surface area contributed by atoms with E-state index in [-0.39, 0.29) is 34.5 Å². The summed E-state index contributed by atoms with van der Waals surface area (Å²) in [5, 5.41) is 25.9. The lowest BCUT2D eigenvalue weighted by atomic mass is 9.96. The van der Waals surface area contributed by atoms with Crippen LogP contribution in [0.4, 0.5) is 11.4 Å². The van der Waals surface area contributed by atoms with Crippen molar-refractivity contribution in [3.8, 4) is 11.5 Å². The van der Waals surface area contributed by atoms with Crippen LogP contribution in [0, 0.1) is 0 Å². The minimum Gasteiger partial charge on any atom is -0.507 e. The van der Waals surface area contributed by atoms with Crippen molar-refractivity contribution in [1.82, 2.24) is 0 Å². The molecule has 34 heavy (non-hydrogen) atoms. The Balaban J connectivity index is 1.70. The van der Waals surface area contributed by atoms with Crippen LogP contribution in [0.3, 0.4) is 0 Å². The third-order valence-corrected chi connectivity index (χ3v) is 6.29. The van der Waals surface area contributed by atoms with E-state index in [1.165, 1.54) is 0 Å². The zero-order valence-electron chi connectivity index (χ0n) is 20.1. The molecule has 0 bridgehead atoms. The molecule has 3 aromatic rings. The summed E-state index contributed by atoms with van der Waals surface area (Å²) in [4.78, 5) is 25.5. The molecule has 2 unspecified atom stereocenters. The van der Waals surface area contributed by atoms with Crippen LogP contribution in [0.15, 0.2) is 60.7 Å². The normalized spacial score (nSPS) is 12.6. The summed E-state index contributed by atoms with van der Waals surface area (Å²) in [5.41, 5.74) is 3.46. The van der Waals surface area contributed by atoms with Crippen molar-refractivity contribution in [3.05, 3.63) is 82.9 Å². The Hall–Kier alpha value is -3.80. The molecule has 3 rings (SSSR count). The van der Waals surface area contributed by atoms with Gasteiger partial charge in [-0.25, -0.2) is 0 Å². The second kappa shape index (κ2) is 10.9. The molecule has 0 aliphatic heterocycles. The van der Waals surface area contributed by atoms with Crippen LogP contribution in [0.5, 0.6) is 11.5 Å². The fourth-order valence-electron chi connectivity index (χ4n) is 3.59. The third kappa shape index (κ3) is 5.76. The molecule has 0 aromatic heterocycles. The number of phenolic OH excluding ortho intramolecular Hbond substituents is 2. The van der Waals surface area contributed by atoms with Gasteiger partial charge >= 0.3 is 0 Å². The predicted molar refractivity (Wildman–Crippen MR) is 136 cm³/mol. The molecular formula is C28H32N2O4. The fourth-order valence-corrected chi connectivity index (χ4v) is 3.59. The maximum absolute atomic E-state index is 12.7. The van der Waals surface area contributed by atoms with Crippen molar-refractivity contribution in [3.63, 3.8) is 0 Å². The van der Waals surface area contributed by atoms with Gasteiger partial charge in [-0.3, -0.25) is 9.59 Å². The fraction of sp³-hybridized carbons (Fsp3) is 0.286. The molecule has 3 aromatic carbocycles. The average molecular weight is 461 g/mol. The summed E-state index contributed by atoms with van der Waals surface area (Å²) in [7, 11) is 0. The molecule has 0 saturated heterocycles. The van der Waals surface area contributed by atoms with E-state index in [1.54, 1.807) is 48.5 Å². The lowest BCUT2D eigenvalue weighted by molar-refractivity contribution is 0.101. The molecule has 0 aliphatic carbocycles. The molecule has 0 aliphatic rings. The first-order valence-electron chi connectivity index (χ1n) is 11.6. The van der Waals surface area contributed by atoms with Crippen LogP contribution in [0.25, 0.3) is 0 Å². The number of benzene rings is 3. The number of nitrogens with one attached hydrogen (secondary N) is 2. The Morgan fingerprint density at radius 1 is 0.676 bits per heavy atom.